The van der Waals surface area contributed by atoms with Gasteiger partial charge in [0, 0.05) is 36.9 Å². The van der Waals surface area contributed by atoms with E-state index in [1.54, 1.807) is 22.4 Å². The Labute approximate surface area is 171 Å². The average Bonchev–Trinajstić information content (AvgIpc) is 3.12. The molecule has 3 aromatic rings. The number of nitrogens with zero attached hydrogens (tertiary/aromatic N) is 4. The number of carbonyl (C=O) groups excluding carboxylic acids is 1. The van der Waals surface area contributed by atoms with Crippen LogP contribution >= 0.6 is 11.3 Å². The minimum Gasteiger partial charge on any atom is -0.508 e. The first-order chi connectivity index (χ1) is 14.0. The first kappa shape index (κ1) is 19.4. The first-order valence-electron chi connectivity index (χ1n) is 9.60. The summed E-state index contributed by atoms with van der Waals surface area (Å²) in [6, 6.07) is 6.10. The zero-order valence-electron chi connectivity index (χ0n) is 16.2. The van der Waals surface area contributed by atoms with Gasteiger partial charge in [-0.05, 0) is 37.2 Å². The Hall–Kier alpha value is -2.91. The predicted molar refractivity (Wildman–Crippen MR) is 114 cm³/mol. The molecule has 29 heavy (non-hydrogen) atoms. The maximum atomic E-state index is 13.3. The summed E-state index contributed by atoms with van der Waals surface area (Å²) in [7, 11) is 0. The minimum absolute atomic E-state index is 0.0826. The van der Waals surface area contributed by atoms with Gasteiger partial charge in [-0.15, -0.1) is 11.3 Å². The number of anilines is 1. The fraction of sp³-hybridized carbons (Fsp3) is 0.350. The van der Waals surface area contributed by atoms with Gasteiger partial charge in [-0.1, -0.05) is 6.92 Å². The fourth-order valence-corrected chi connectivity index (χ4v) is 4.43. The van der Waals surface area contributed by atoms with E-state index in [2.05, 4.69) is 16.9 Å². The Kier molecular flexibility index (Phi) is 5.25. The lowest BCUT2D eigenvalue weighted by Crippen LogP contribution is -2.49. The maximum Gasteiger partial charge on any atom is 0.282 e. The van der Waals surface area contributed by atoms with Crippen LogP contribution in [-0.4, -0.2) is 63.3 Å². The molecule has 1 saturated heterocycles. The molecule has 152 valence electrons. The highest BCUT2D eigenvalue weighted by molar-refractivity contribution is 7.15. The number of nitrogens with two attached hydrogens (primary N) is 1. The molecule has 0 saturated carbocycles. The third-order valence-corrected chi connectivity index (χ3v) is 5.99. The molecule has 2 aromatic heterocycles. The Bertz CT molecular complexity index is 1100. The number of hydrogen-bond acceptors (Lipinski definition) is 7. The second-order valence-corrected chi connectivity index (χ2v) is 8.02. The smallest absolute Gasteiger partial charge is 0.282 e. The van der Waals surface area contributed by atoms with Crippen molar-refractivity contribution in [1.29, 1.82) is 0 Å². The monoisotopic (exact) mass is 413 g/mol. The third-order valence-electron chi connectivity index (χ3n) is 5.18. The van der Waals surface area contributed by atoms with Gasteiger partial charge in [0.25, 0.3) is 11.5 Å². The predicted octanol–water partition coefficient (Wildman–Crippen LogP) is 1.90. The number of amides is 1. The number of nitrogen functional groups attached to an aromatic ring is 1. The standard InChI is InChI=1S/C20H23N5O3S/c1-2-7-23-8-10-24(11-9-23)20(28)17-15-12-29-18(21)16(15)19(27)25(22-17)13-3-5-14(26)6-4-13/h3-6,12,26H,2,7-11,21H2,1H3. The molecular formula is C20H23N5O3S. The highest BCUT2D eigenvalue weighted by Gasteiger charge is 2.27. The summed E-state index contributed by atoms with van der Waals surface area (Å²) in [5, 5.41) is 16.8. The minimum atomic E-state index is -0.381. The number of rotatable bonds is 4. The van der Waals surface area contributed by atoms with Crippen LogP contribution in [0, 0.1) is 0 Å². The molecule has 0 bridgehead atoms. The van der Waals surface area contributed by atoms with Crippen molar-refractivity contribution >= 4 is 33.0 Å². The lowest BCUT2D eigenvalue weighted by Gasteiger charge is -2.34. The number of fused-ring (bicyclic) bond motifs is 1. The van der Waals surface area contributed by atoms with Crippen molar-refractivity contribution in [2.75, 3.05) is 38.5 Å². The molecule has 0 spiro atoms. The Balaban J connectivity index is 1.76. The van der Waals surface area contributed by atoms with Crippen LogP contribution in [0.1, 0.15) is 23.8 Å². The molecule has 1 fully saturated rings. The van der Waals surface area contributed by atoms with Gasteiger partial charge in [0.1, 0.15) is 5.75 Å². The number of phenols is 1. The quantitative estimate of drug-likeness (QED) is 0.677. The van der Waals surface area contributed by atoms with Crippen LogP contribution in [0.4, 0.5) is 5.00 Å². The van der Waals surface area contributed by atoms with Crippen LogP contribution in [-0.2, 0) is 0 Å². The molecule has 0 unspecified atom stereocenters. The van der Waals surface area contributed by atoms with Gasteiger partial charge in [-0.2, -0.15) is 9.78 Å². The molecule has 1 amide bonds. The van der Waals surface area contributed by atoms with Crippen molar-refractivity contribution in [2.24, 2.45) is 0 Å². The molecule has 0 aliphatic carbocycles. The number of carbonyl (C=O) groups is 1. The van der Waals surface area contributed by atoms with E-state index in [4.69, 9.17) is 5.73 Å². The summed E-state index contributed by atoms with van der Waals surface area (Å²) in [5.41, 5.74) is 6.36. The second-order valence-electron chi connectivity index (χ2n) is 7.10. The van der Waals surface area contributed by atoms with E-state index >= 15 is 0 Å². The molecule has 3 heterocycles. The third kappa shape index (κ3) is 3.58. The lowest BCUT2D eigenvalue weighted by atomic mass is 10.2. The van der Waals surface area contributed by atoms with Gasteiger partial charge >= 0.3 is 0 Å². The van der Waals surface area contributed by atoms with Gasteiger partial charge in [0.15, 0.2) is 5.69 Å². The van der Waals surface area contributed by atoms with Gasteiger partial charge in [0.05, 0.1) is 16.1 Å². The number of hydrogen-bond donors (Lipinski definition) is 2. The zero-order chi connectivity index (χ0) is 20.5. The van der Waals surface area contributed by atoms with Crippen molar-refractivity contribution in [3.63, 3.8) is 0 Å². The molecule has 8 nitrogen and oxygen atoms in total. The molecule has 3 N–H and O–H groups in total. The van der Waals surface area contributed by atoms with E-state index in [0.29, 0.717) is 34.6 Å². The summed E-state index contributed by atoms with van der Waals surface area (Å²) >= 11 is 1.23. The van der Waals surface area contributed by atoms with E-state index in [1.165, 1.54) is 28.2 Å². The average molecular weight is 414 g/mol. The Morgan fingerprint density at radius 2 is 1.90 bits per heavy atom. The lowest BCUT2D eigenvalue weighted by molar-refractivity contribution is 0.0632. The highest BCUT2D eigenvalue weighted by Crippen LogP contribution is 2.28. The maximum absolute atomic E-state index is 13.3. The SMILES string of the molecule is CCCN1CCN(C(=O)c2nn(-c3ccc(O)cc3)c(=O)c3c(N)scc23)CC1. The van der Waals surface area contributed by atoms with E-state index in [1.807, 2.05) is 0 Å². The number of aromatic nitrogens is 2. The van der Waals surface area contributed by atoms with Crippen molar-refractivity contribution < 1.29 is 9.90 Å². The van der Waals surface area contributed by atoms with Crippen LogP contribution < -0.4 is 11.3 Å². The van der Waals surface area contributed by atoms with Crippen LogP contribution in [0.15, 0.2) is 34.4 Å². The van der Waals surface area contributed by atoms with Gasteiger partial charge < -0.3 is 15.7 Å². The number of piperazine rings is 1. The van der Waals surface area contributed by atoms with E-state index in [0.717, 1.165) is 26.1 Å². The van der Waals surface area contributed by atoms with Crippen LogP contribution in [0.2, 0.25) is 0 Å². The number of benzene rings is 1. The zero-order valence-corrected chi connectivity index (χ0v) is 17.0. The summed E-state index contributed by atoms with van der Waals surface area (Å²) in [6.45, 7) is 6.07. The molecule has 1 aliphatic rings. The van der Waals surface area contributed by atoms with Crippen molar-refractivity contribution in [3.05, 3.63) is 45.7 Å². The largest absolute Gasteiger partial charge is 0.508 e. The summed E-state index contributed by atoms with van der Waals surface area (Å²) in [4.78, 5) is 30.4. The Morgan fingerprint density at radius 1 is 1.21 bits per heavy atom. The molecule has 4 rings (SSSR count). The van der Waals surface area contributed by atoms with Crippen LogP contribution in [0.25, 0.3) is 16.5 Å². The van der Waals surface area contributed by atoms with Crippen molar-refractivity contribution in [2.45, 2.75) is 13.3 Å². The van der Waals surface area contributed by atoms with E-state index < -0.39 is 0 Å². The van der Waals surface area contributed by atoms with Crippen molar-refractivity contribution in [3.8, 4) is 11.4 Å². The molecular weight excluding hydrogens is 390 g/mol. The second kappa shape index (κ2) is 7.84. The van der Waals surface area contributed by atoms with Crippen LogP contribution in [0.5, 0.6) is 5.75 Å². The molecule has 1 aliphatic heterocycles. The van der Waals surface area contributed by atoms with Gasteiger partial charge in [-0.3, -0.25) is 14.5 Å². The fourth-order valence-electron chi connectivity index (χ4n) is 3.64. The normalized spacial score (nSPS) is 15.1. The van der Waals surface area contributed by atoms with Gasteiger partial charge in [0.2, 0.25) is 0 Å². The van der Waals surface area contributed by atoms with E-state index in [-0.39, 0.29) is 22.9 Å². The van der Waals surface area contributed by atoms with E-state index in [9.17, 15) is 14.7 Å². The Morgan fingerprint density at radius 3 is 2.55 bits per heavy atom. The number of thiophene rings is 1. The summed E-state index contributed by atoms with van der Waals surface area (Å²) in [5.74, 6) is -0.115. The summed E-state index contributed by atoms with van der Waals surface area (Å²) in [6.07, 6.45) is 1.09. The highest BCUT2D eigenvalue weighted by atomic mass is 32.1. The van der Waals surface area contributed by atoms with Crippen LogP contribution in [0.3, 0.4) is 0 Å². The molecule has 1 aromatic carbocycles. The van der Waals surface area contributed by atoms with Crippen molar-refractivity contribution in [1.82, 2.24) is 19.6 Å². The van der Waals surface area contributed by atoms with Gasteiger partial charge in [-0.25, -0.2) is 0 Å². The number of phenolic OH excluding ortho intramolecular Hbond substituents is 1. The molecule has 9 heteroatoms. The first-order valence-corrected chi connectivity index (χ1v) is 10.5. The topological polar surface area (TPSA) is 105 Å². The molecule has 0 atom stereocenters. The molecule has 0 radical (unpaired) electrons. The number of aromatic hydroxyl groups is 1. The summed E-state index contributed by atoms with van der Waals surface area (Å²) < 4.78 is 1.19.